The van der Waals surface area contributed by atoms with E-state index in [1.54, 1.807) is 12.1 Å². The number of carbonyl (C=O) groups excluding carboxylic acids is 1. The van der Waals surface area contributed by atoms with E-state index in [2.05, 4.69) is 9.82 Å². The molecule has 0 aromatic carbocycles. The van der Waals surface area contributed by atoms with E-state index in [9.17, 15) is 4.79 Å². The topological polar surface area (TPSA) is 91.2 Å². The molecule has 5 nitrogen and oxygen atoms in total. The molecule has 1 aromatic heterocycles. The van der Waals surface area contributed by atoms with Gasteiger partial charge in [-0.2, -0.15) is 0 Å². The first-order chi connectivity index (χ1) is 5.74. The summed E-state index contributed by atoms with van der Waals surface area (Å²) in [5.41, 5.74) is 6.03. The highest BCUT2D eigenvalue weighted by Crippen LogP contribution is 1.99. The number of aromatic nitrogens is 1. The van der Waals surface area contributed by atoms with Crippen LogP contribution >= 0.6 is 0 Å². The lowest BCUT2D eigenvalue weighted by atomic mass is 10.2. The van der Waals surface area contributed by atoms with Crippen LogP contribution in [0.5, 0.6) is 0 Å². The molecule has 1 amide bonds. The van der Waals surface area contributed by atoms with Gasteiger partial charge in [0.25, 0.3) is 0 Å². The van der Waals surface area contributed by atoms with Crippen LogP contribution in [0.25, 0.3) is 0 Å². The largest absolute Gasteiger partial charge is 0.366 e. The van der Waals surface area contributed by atoms with Gasteiger partial charge in [0.2, 0.25) is 5.91 Å². The van der Waals surface area contributed by atoms with Gasteiger partial charge < -0.3 is 5.73 Å². The Morgan fingerprint density at radius 2 is 2.33 bits per heavy atom. The van der Waals surface area contributed by atoms with Gasteiger partial charge in [0.15, 0.2) is 0 Å². The van der Waals surface area contributed by atoms with Crippen LogP contribution in [0, 0.1) is 0 Å². The van der Waals surface area contributed by atoms with Crippen LogP contribution in [-0.2, 0) is 11.4 Å². The number of amides is 1. The predicted molar refractivity (Wildman–Crippen MR) is 41.7 cm³/mol. The van der Waals surface area contributed by atoms with Crippen LogP contribution in [0.4, 0.5) is 0 Å². The molecule has 0 aliphatic rings. The molecule has 0 atom stereocenters. The summed E-state index contributed by atoms with van der Waals surface area (Å²) in [6.07, 6.45) is 1.39. The minimum absolute atomic E-state index is 0.221. The van der Waals surface area contributed by atoms with Crippen molar-refractivity contribution in [2.45, 2.75) is 6.61 Å². The molecule has 0 radical (unpaired) electrons. The molecule has 1 aromatic rings. The number of pyridine rings is 1. The quantitative estimate of drug-likeness (QED) is 0.597. The SMILES string of the molecule is NOCc1ccc(C(N)=O)cn1. The molecule has 0 fully saturated rings. The second-order valence-electron chi connectivity index (χ2n) is 2.21. The monoisotopic (exact) mass is 167 g/mol. The minimum Gasteiger partial charge on any atom is -0.366 e. The molecule has 64 valence electrons. The standard InChI is InChI=1S/C7H9N3O2/c8-7(11)5-1-2-6(4-12-9)10-3-5/h1-3H,4,9H2,(H2,8,11). The van der Waals surface area contributed by atoms with Crippen molar-refractivity contribution >= 4 is 5.91 Å². The fraction of sp³-hybridized carbons (Fsp3) is 0.143. The van der Waals surface area contributed by atoms with Crippen molar-refractivity contribution in [2.75, 3.05) is 0 Å². The Morgan fingerprint density at radius 3 is 2.75 bits per heavy atom. The zero-order valence-corrected chi connectivity index (χ0v) is 6.36. The number of hydrogen-bond acceptors (Lipinski definition) is 4. The molecule has 0 aliphatic heterocycles. The van der Waals surface area contributed by atoms with Crippen molar-refractivity contribution in [1.29, 1.82) is 0 Å². The van der Waals surface area contributed by atoms with Gasteiger partial charge in [-0.1, -0.05) is 0 Å². The third-order valence-corrected chi connectivity index (χ3v) is 1.34. The maximum absolute atomic E-state index is 10.6. The molecule has 0 aliphatic carbocycles. The van der Waals surface area contributed by atoms with E-state index in [4.69, 9.17) is 11.6 Å². The molecule has 12 heavy (non-hydrogen) atoms. The van der Waals surface area contributed by atoms with Gasteiger partial charge in [-0.05, 0) is 12.1 Å². The molecule has 0 saturated heterocycles. The molecule has 5 heteroatoms. The van der Waals surface area contributed by atoms with Crippen LogP contribution in [0.3, 0.4) is 0 Å². The molecule has 0 bridgehead atoms. The number of hydrogen-bond donors (Lipinski definition) is 2. The average Bonchev–Trinajstić information content (AvgIpc) is 2.06. The number of nitrogens with zero attached hydrogens (tertiary/aromatic N) is 1. The Kier molecular flexibility index (Phi) is 2.73. The summed E-state index contributed by atoms with van der Waals surface area (Å²) < 4.78 is 0. The molecule has 0 saturated carbocycles. The van der Waals surface area contributed by atoms with Gasteiger partial charge in [0.05, 0.1) is 11.3 Å². The van der Waals surface area contributed by atoms with Crippen molar-refractivity contribution in [3.05, 3.63) is 29.6 Å². The van der Waals surface area contributed by atoms with Crippen LogP contribution in [0.15, 0.2) is 18.3 Å². The maximum Gasteiger partial charge on any atom is 0.250 e. The number of primary amides is 1. The zero-order valence-electron chi connectivity index (χ0n) is 6.36. The molecular formula is C7H9N3O2. The number of nitrogens with two attached hydrogens (primary N) is 2. The van der Waals surface area contributed by atoms with Crippen LogP contribution in [-0.4, -0.2) is 10.9 Å². The first-order valence-electron chi connectivity index (χ1n) is 3.30. The van der Waals surface area contributed by atoms with Crippen LogP contribution in [0.2, 0.25) is 0 Å². The van der Waals surface area contributed by atoms with Crippen molar-refractivity contribution in [3.63, 3.8) is 0 Å². The Labute approximate surface area is 69.3 Å². The van der Waals surface area contributed by atoms with Gasteiger partial charge in [-0.3, -0.25) is 14.6 Å². The van der Waals surface area contributed by atoms with Gasteiger partial charge in [-0.15, -0.1) is 0 Å². The Hall–Kier alpha value is -1.46. The molecule has 1 rings (SSSR count). The van der Waals surface area contributed by atoms with E-state index < -0.39 is 5.91 Å². The number of rotatable bonds is 3. The normalized spacial score (nSPS) is 9.75. The van der Waals surface area contributed by atoms with Gasteiger partial charge in [0, 0.05) is 6.20 Å². The summed E-state index contributed by atoms with van der Waals surface area (Å²) >= 11 is 0. The lowest BCUT2D eigenvalue weighted by Crippen LogP contribution is -2.11. The van der Waals surface area contributed by atoms with E-state index in [1.165, 1.54) is 6.20 Å². The Morgan fingerprint density at radius 1 is 1.58 bits per heavy atom. The fourth-order valence-corrected chi connectivity index (χ4v) is 0.741. The highest BCUT2D eigenvalue weighted by Gasteiger charge is 1.99. The third kappa shape index (κ3) is 2.01. The zero-order chi connectivity index (χ0) is 8.97. The molecule has 4 N–H and O–H groups in total. The predicted octanol–water partition coefficient (Wildman–Crippen LogP) is -0.429. The minimum atomic E-state index is -0.497. The number of carbonyl (C=O) groups is 1. The fourth-order valence-electron chi connectivity index (χ4n) is 0.741. The summed E-state index contributed by atoms with van der Waals surface area (Å²) in [4.78, 5) is 18.8. The highest BCUT2D eigenvalue weighted by molar-refractivity contribution is 5.92. The van der Waals surface area contributed by atoms with E-state index in [-0.39, 0.29) is 6.61 Å². The smallest absolute Gasteiger partial charge is 0.250 e. The van der Waals surface area contributed by atoms with Gasteiger partial charge >= 0.3 is 0 Å². The summed E-state index contributed by atoms with van der Waals surface area (Å²) in [5.74, 6) is 4.33. The first kappa shape index (κ1) is 8.63. The Bertz CT molecular complexity index is 270. The first-order valence-corrected chi connectivity index (χ1v) is 3.30. The lowest BCUT2D eigenvalue weighted by Gasteiger charge is -1.98. The molecule has 1 heterocycles. The molecule has 0 spiro atoms. The van der Waals surface area contributed by atoms with E-state index in [1.807, 2.05) is 0 Å². The lowest BCUT2D eigenvalue weighted by molar-refractivity contribution is 0.0999. The summed E-state index contributed by atoms with van der Waals surface area (Å²) in [6, 6.07) is 3.20. The summed E-state index contributed by atoms with van der Waals surface area (Å²) in [7, 11) is 0. The Balaban J connectivity index is 2.78. The maximum atomic E-state index is 10.6. The van der Waals surface area contributed by atoms with E-state index in [0.29, 0.717) is 11.3 Å². The van der Waals surface area contributed by atoms with Crippen molar-refractivity contribution in [1.82, 2.24) is 4.98 Å². The average molecular weight is 167 g/mol. The van der Waals surface area contributed by atoms with E-state index in [0.717, 1.165) is 0 Å². The second kappa shape index (κ2) is 3.80. The molecular weight excluding hydrogens is 158 g/mol. The van der Waals surface area contributed by atoms with Crippen molar-refractivity contribution < 1.29 is 9.63 Å². The van der Waals surface area contributed by atoms with Crippen LogP contribution < -0.4 is 11.6 Å². The van der Waals surface area contributed by atoms with E-state index >= 15 is 0 Å². The van der Waals surface area contributed by atoms with Gasteiger partial charge in [-0.25, -0.2) is 5.90 Å². The summed E-state index contributed by atoms with van der Waals surface area (Å²) in [5, 5.41) is 0. The van der Waals surface area contributed by atoms with Crippen LogP contribution in [0.1, 0.15) is 16.1 Å². The summed E-state index contributed by atoms with van der Waals surface area (Å²) in [6.45, 7) is 0.221. The third-order valence-electron chi connectivity index (χ3n) is 1.34. The van der Waals surface area contributed by atoms with Gasteiger partial charge in [0.1, 0.15) is 6.61 Å². The van der Waals surface area contributed by atoms with Crippen molar-refractivity contribution in [3.8, 4) is 0 Å². The second-order valence-corrected chi connectivity index (χ2v) is 2.21. The molecule has 0 unspecified atom stereocenters. The highest BCUT2D eigenvalue weighted by atomic mass is 16.6. The van der Waals surface area contributed by atoms with Crippen molar-refractivity contribution in [2.24, 2.45) is 11.6 Å².